The zero-order valence-electron chi connectivity index (χ0n) is 10.2. The van der Waals surface area contributed by atoms with Gasteiger partial charge in [-0.1, -0.05) is 30.3 Å². The largest absolute Gasteiger partial charge is 0.393 e. The van der Waals surface area contributed by atoms with Gasteiger partial charge in [0.25, 0.3) is 0 Å². The molecule has 0 amide bonds. The molecule has 0 atom stereocenters. The second-order valence-electron chi connectivity index (χ2n) is 5.84. The van der Waals surface area contributed by atoms with E-state index in [2.05, 4.69) is 30.3 Å². The Kier molecular flexibility index (Phi) is 2.53. The normalized spacial score (nSPS) is 35.5. The van der Waals surface area contributed by atoms with Crippen molar-refractivity contribution >= 4 is 0 Å². The van der Waals surface area contributed by atoms with Crippen LogP contribution in [-0.2, 0) is 5.41 Å². The maximum Gasteiger partial charge on any atom is 0.0541 e. The van der Waals surface area contributed by atoms with Crippen LogP contribution in [0.2, 0.25) is 0 Å². The van der Waals surface area contributed by atoms with Gasteiger partial charge in [-0.3, -0.25) is 0 Å². The number of aliphatic hydroxyl groups excluding tert-OH is 1. The Balaban J connectivity index is 1.98. The van der Waals surface area contributed by atoms with Crippen LogP contribution in [0.25, 0.3) is 0 Å². The van der Waals surface area contributed by atoms with Crippen LogP contribution in [0.15, 0.2) is 30.3 Å². The minimum Gasteiger partial charge on any atom is -0.393 e. The fourth-order valence-electron chi connectivity index (χ4n) is 3.54. The van der Waals surface area contributed by atoms with Crippen LogP contribution in [0.1, 0.15) is 44.1 Å². The highest BCUT2D eigenvalue weighted by molar-refractivity contribution is 5.35. The summed E-state index contributed by atoms with van der Waals surface area (Å²) in [6.07, 6.45) is 6.02. The molecular weight excluding hydrogens is 210 g/mol. The van der Waals surface area contributed by atoms with E-state index in [-0.39, 0.29) is 17.1 Å². The molecule has 0 aromatic heterocycles. The molecule has 2 aliphatic carbocycles. The van der Waals surface area contributed by atoms with Gasteiger partial charge in [0.2, 0.25) is 0 Å². The quantitative estimate of drug-likeness (QED) is 0.820. The Morgan fingerprint density at radius 2 is 1.59 bits per heavy atom. The van der Waals surface area contributed by atoms with Gasteiger partial charge in [-0.15, -0.1) is 0 Å². The number of hydrogen-bond donors (Lipinski definition) is 2. The van der Waals surface area contributed by atoms with E-state index >= 15 is 0 Å². The summed E-state index contributed by atoms with van der Waals surface area (Å²) in [7, 11) is 0. The van der Waals surface area contributed by atoms with Crippen molar-refractivity contribution in [1.82, 2.24) is 0 Å². The predicted octanol–water partition coefficient (Wildman–Crippen LogP) is 2.35. The van der Waals surface area contributed by atoms with Gasteiger partial charge >= 0.3 is 0 Å². The third-order valence-corrected chi connectivity index (χ3v) is 4.88. The van der Waals surface area contributed by atoms with Gasteiger partial charge in [0.1, 0.15) is 0 Å². The molecule has 2 aliphatic rings. The van der Waals surface area contributed by atoms with Gasteiger partial charge in [-0.2, -0.15) is 0 Å². The Bertz CT molecular complexity index is 389. The first-order valence-electron chi connectivity index (χ1n) is 6.69. The smallest absolute Gasteiger partial charge is 0.0541 e. The zero-order chi connectivity index (χ0) is 11.9. The van der Waals surface area contributed by atoms with E-state index in [1.807, 2.05) is 0 Å². The number of nitrogens with two attached hydrogens (primary N) is 1. The molecule has 3 N–H and O–H groups in total. The molecule has 0 bridgehead atoms. The highest BCUT2D eigenvalue weighted by atomic mass is 16.3. The van der Waals surface area contributed by atoms with Gasteiger partial charge < -0.3 is 10.8 Å². The second kappa shape index (κ2) is 3.82. The van der Waals surface area contributed by atoms with Gasteiger partial charge in [-0.25, -0.2) is 0 Å². The zero-order valence-corrected chi connectivity index (χ0v) is 10.2. The van der Waals surface area contributed by atoms with Gasteiger partial charge in [-0.05, 0) is 44.1 Å². The highest BCUT2D eigenvalue weighted by Crippen LogP contribution is 2.56. The fourth-order valence-corrected chi connectivity index (χ4v) is 3.54. The van der Waals surface area contributed by atoms with Gasteiger partial charge in [0.15, 0.2) is 0 Å². The van der Waals surface area contributed by atoms with Gasteiger partial charge in [0.05, 0.1) is 6.10 Å². The maximum absolute atomic E-state index is 9.73. The summed E-state index contributed by atoms with van der Waals surface area (Å²) in [6.45, 7) is 0. The Morgan fingerprint density at radius 3 is 2.12 bits per heavy atom. The standard InChI is InChI=1S/C15H21NO/c16-15(10-11-15)14(8-6-13(17)7-9-14)12-4-2-1-3-5-12/h1-5,13,17H,6-11,16H2. The molecule has 1 aromatic rings. The van der Waals surface area contributed by atoms with Crippen molar-refractivity contribution < 1.29 is 5.11 Å². The van der Waals surface area contributed by atoms with Crippen molar-refractivity contribution in [2.24, 2.45) is 5.73 Å². The summed E-state index contributed by atoms with van der Waals surface area (Å²) in [5, 5.41) is 9.73. The van der Waals surface area contributed by atoms with Crippen LogP contribution >= 0.6 is 0 Å². The van der Waals surface area contributed by atoms with E-state index in [9.17, 15) is 5.11 Å². The molecular formula is C15H21NO. The molecule has 0 radical (unpaired) electrons. The molecule has 2 heteroatoms. The van der Waals surface area contributed by atoms with Crippen molar-refractivity contribution in [3.63, 3.8) is 0 Å². The molecule has 0 saturated heterocycles. The Hall–Kier alpha value is -0.860. The van der Waals surface area contributed by atoms with Crippen LogP contribution in [0.5, 0.6) is 0 Å². The van der Waals surface area contributed by atoms with Crippen LogP contribution in [0.4, 0.5) is 0 Å². The lowest BCUT2D eigenvalue weighted by Crippen LogP contribution is -2.50. The summed E-state index contributed by atoms with van der Waals surface area (Å²) in [6, 6.07) is 10.7. The predicted molar refractivity (Wildman–Crippen MR) is 68.7 cm³/mol. The Labute approximate surface area is 103 Å². The molecule has 0 spiro atoms. The van der Waals surface area contributed by atoms with Crippen molar-refractivity contribution in [2.45, 2.75) is 55.6 Å². The number of rotatable bonds is 2. The lowest BCUT2D eigenvalue weighted by atomic mass is 9.63. The molecule has 0 aliphatic heterocycles. The maximum atomic E-state index is 9.73. The molecule has 92 valence electrons. The average Bonchev–Trinajstić information content (AvgIpc) is 3.11. The van der Waals surface area contributed by atoms with Crippen LogP contribution < -0.4 is 5.73 Å². The minimum atomic E-state index is -0.116. The minimum absolute atomic E-state index is 0.00546. The Morgan fingerprint density at radius 1 is 1.00 bits per heavy atom. The molecule has 17 heavy (non-hydrogen) atoms. The van der Waals surface area contributed by atoms with E-state index in [1.54, 1.807) is 0 Å². The monoisotopic (exact) mass is 231 g/mol. The van der Waals surface area contributed by atoms with Crippen molar-refractivity contribution in [2.75, 3.05) is 0 Å². The highest BCUT2D eigenvalue weighted by Gasteiger charge is 2.57. The lowest BCUT2D eigenvalue weighted by Gasteiger charge is -2.44. The molecule has 0 unspecified atom stereocenters. The van der Waals surface area contributed by atoms with Crippen LogP contribution in [-0.4, -0.2) is 16.7 Å². The second-order valence-corrected chi connectivity index (χ2v) is 5.84. The van der Waals surface area contributed by atoms with E-state index in [0.29, 0.717) is 0 Å². The SMILES string of the molecule is NC1(C2(c3ccccc3)CCC(O)CC2)CC1. The summed E-state index contributed by atoms with van der Waals surface area (Å²) in [5.74, 6) is 0. The van der Waals surface area contributed by atoms with Crippen LogP contribution in [0.3, 0.4) is 0 Å². The van der Waals surface area contributed by atoms with E-state index in [1.165, 1.54) is 5.56 Å². The lowest BCUT2D eigenvalue weighted by molar-refractivity contribution is 0.0816. The summed E-state index contributed by atoms with van der Waals surface area (Å²) in [4.78, 5) is 0. The van der Waals surface area contributed by atoms with Crippen molar-refractivity contribution in [1.29, 1.82) is 0 Å². The first-order valence-corrected chi connectivity index (χ1v) is 6.69. The molecule has 1 aromatic carbocycles. The van der Waals surface area contributed by atoms with Crippen molar-refractivity contribution in [3.8, 4) is 0 Å². The molecule has 2 saturated carbocycles. The molecule has 0 heterocycles. The van der Waals surface area contributed by atoms with Gasteiger partial charge in [0, 0.05) is 11.0 Å². The topological polar surface area (TPSA) is 46.2 Å². The van der Waals surface area contributed by atoms with Crippen LogP contribution in [0, 0.1) is 0 Å². The van der Waals surface area contributed by atoms with Crippen molar-refractivity contribution in [3.05, 3.63) is 35.9 Å². The molecule has 2 fully saturated rings. The summed E-state index contributed by atoms with van der Waals surface area (Å²) < 4.78 is 0. The molecule has 3 rings (SSSR count). The average molecular weight is 231 g/mol. The summed E-state index contributed by atoms with van der Waals surface area (Å²) >= 11 is 0. The van der Waals surface area contributed by atoms with E-state index in [4.69, 9.17) is 5.73 Å². The van der Waals surface area contributed by atoms with E-state index < -0.39 is 0 Å². The third kappa shape index (κ3) is 1.71. The van der Waals surface area contributed by atoms with E-state index in [0.717, 1.165) is 38.5 Å². The first-order chi connectivity index (χ1) is 8.16. The summed E-state index contributed by atoms with van der Waals surface area (Å²) in [5.41, 5.74) is 8.05. The number of aliphatic hydroxyl groups is 1. The number of benzene rings is 1. The number of hydrogen-bond acceptors (Lipinski definition) is 2. The first kappa shape index (κ1) is 11.2. The molecule has 2 nitrogen and oxygen atoms in total. The third-order valence-electron chi connectivity index (χ3n) is 4.88. The fraction of sp³-hybridized carbons (Fsp3) is 0.600.